The summed E-state index contributed by atoms with van der Waals surface area (Å²) in [4.78, 5) is 16.1. The number of carbonyl (C=O) groups is 1. The standard InChI is InChI=1S/C20H17F5N2O2/c1-2-29-18(28)15-10-27-16-9-12(11-4-3-5-11)8-14(19(21,22)20(23,24)25)13(16)6-7-17(27)26-15/h6-11H,2-5H2,1H3. The van der Waals surface area contributed by atoms with E-state index in [-0.39, 0.29) is 34.8 Å². The molecule has 1 aliphatic rings. The lowest BCUT2D eigenvalue weighted by atomic mass is 9.79. The maximum absolute atomic E-state index is 14.4. The first-order valence-corrected chi connectivity index (χ1v) is 9.21. The molecule has 0 amide bonds. The number of hydrogen-bond acceptors (Lipinski definition) is 3. The number of nitrogens with zero attached hydrogens (tertiary/aromatic N) is 2. The zero-order valence-corrected chi connectivity index (χ0v) is 15.4. The van der Waals surface area contributed by atoms with Gasteiger partial charge in [0.15, 0.2) is 5.69 Å². The van der Waals surface area contributed by atoms with Gasteiger partial charge in [-0.05, 0) is 55.5 Å². The fourth-order valence-corrected chi connectivity index (χ4v) is 3.59. The molecule has 0 spiro atoms. The second kappa shape index (κ2) is 6.67. The Hall–Kier alpha value is -2.71. The molecular formula is C20H17F5N2O2. The van der Waals surface area contributed by atoms with E-state index in [1.165, 1.54) is 22.7 Å². The van der Waals surface area contributed by atoms with Crippen LogP contribution < -0.4 is 0 Å². The summed E-state index contributed by atoms with van der Waals surface area (Å²) in [5.74, 6) is -5.77. The highest BCUT2D eigenvalue weighted by Crippen LogP contribution is 2.48. The van der Waals surface area contributed by atoms with Crippen LogP contribution in [0.2, 0.25) is 0 Å². The van der Waals surface area contributed by atoms with Gasteiger partial charge < -0.3 is 4.74 Å². The van der Waals surface area contributed by atoms with E-state index in [2.05, 4.69) is 4.98 Å². The maximum Gasteiger partial charge on any atom is 0.458 e. The number of pyridine rings is 1. The number of fused-ring (bicyclic) bond motifs is 3. The van der Waals surface area contributed by atoms with Gasteiger partial charge in [0.25, 0.3) is 0 Å². The van der Waals surface area contributed by atoms with Gasteiger partial charge >= 0.3 is 18.1 Å². The molecule has 1 saturated carbocycles. The molecule has 29 heavy (non-hydrogen) atoms. The molecule has 4 rings (SSSR count). The van der Waals surface area contributed by atoms with Crippen molar-refractivity contribution >= 4 is 22.5 Å². The van der Waals surface area contributed by atoms with Crippen molar-refractivity contribution in [3.8, 4) is 0 Å². The van der Waals surface area contributed by atoms with Crippen molar-refractivity contribution in [1.29, 1.82) is 0 Å². The Kier molecular flexibility index (Phi) is 4.51. The summed E-state index contributed by atoms with van der Waals surface area (Å²) in [5.41, 5.74) is -0.293. The van der Waals surface area contributed by atoms with Crippen LogP contribution >= 0.6 is 0 Å². The molecule has 1 aliphatic carbocycles. The minimum atomic E-state index is -5.72. The summed E-state index contributed by atoms with van der Waals surface area (Å²) < 4.78 is 74.5. The monoisotopic (exact) mass is 412 g/mol. The van der Waals surface area contributed by atoms with Crippen LogP contribution in [0.1, 0.15) is 53.7 Å². The molecule has 0 N–H and O–H groups in total. The minimum Gasteiger partial charge on any atom is -0.461 e. The number of esters is 1. The van der Waals surface area contributed by atoms with Gasteiger partial charge in [-0.25, -0.2) is 9.78 Å². The molecule has 1 aromatic carbocycles. The molecule has 0 aliphatic heterocycles. The van der Waals surface area contributed by atoms with Crippen LogP contribution in [0.15, 0.2) is 30.5 Å². The molecule has 9 heteroatoms. The third kappa shape index (κ3) is 3.12. The van der Waals surface area contributed by atoms with E-state index in [1.807, 2.05) is 0 Å². The highest BCUT2D eigenvalue weighted by Gasteiger charge is 2.59. The van der Waals surface area contributed by atoms with Crippen molar-refractivity contribution in [2.24, 2.45) is 0 Å². The Morgan fingerprint density at radius 1 is 1.21 bits per heavy atom. The van der Waals surface area contributed by atoms with Gasteiger partial charge in [-0.3, -0.25) is 4.40 Å². The second-order valence-electron chi connectivity index (χ2n) is 7.11. The Bertz CT molecular complexity index is 1100. The molecule has 1 fully saturated rings. The molecule has 4 nitrogen and oxygen atoms in total. The molecule has 154 valence electrons. The number of hydrogen-bond donors (Lipinski definition) is 0. The van der Waals surface area contributed by atoms with Gasteiger partial charge in [0.05, 0.1) is 12.1 Å². The van der Waals surface area contributed by atoms with Crippen molar-refractivity contribution < 1.29 is 31.5 Å². The largest absolute Gasteiger partial charge is 0.461 e. The topological polar surface area (TPSA) is 43.6 Å². The summed E-state index contributed by atoms with van der Waals surface area (Å²) >= 11 is 0. The summed E-state index contributed by atoms with van der Waals surface area (Å²) in [6.07, 6.45) is -2.06. The number of ether oxygens (including phenoxy) is 1. The van der Waals surface area contributed by atoms with Crippen LogP contribution in [-0.4, -0.2) is 28.1 Å². The number of alkyl halides is 5. The van der Waals surface area contributed by atoms with Gasteiger partial charge in [-0.15, -0.1) is 0 Å². The normalized spacial score (nSPS) is 15.7. The van der Waals surface area contributed by atoms with Crippen molar-refractivity contribution in [3.05, 3.63) is 47.3 Å². The lowest BCUT2D eigenvalue weighted by Gasteiger charge is -2.28. The van der Waals surface area contributed by atoms with Crippen LogP contribution in [0.5, 0.6) is 0 Å². The summed E-state index contributed by atoms with van der Waals surface area (Å²) in [7, 11) is 0. The number of carbonyl (C=O) groups excluding carboxylic acids is 1. The zero-order chi connectivity index (χ0) is 21.0. The Morgan fingerprint density at radius 3 is 2.52 bits per heavy atom. The van der Waals surface area contributed by atoms with E-state index in [0.717, 1.165) is 25.3 Å². The first kappa shape index (κ1) is 19.6. The Morgan fingerprint density at radius 2 is 1.93 bits per heavy atom. The van der Waals surface area contributed by atoms with E-state index < -0.39 is 23.6 Å². The number of rotatable bonds is 4. The highest BCUT2D eigenvalue weighted by molar-refractivity contribution is 5.91. The first-order valence-electron chi connectivity index (χ1n) is 9.21. The van der Waals surface area contributed by atoms with Crippen LogP contribution in [0.3, 0.4) is 0 Å². The molecule has 3 aromatic rings. The first-order chi connectivity index (χ1) is 13.6. The van der Waals surface area contributed by atoms with Gasteiger partial charge in [-0.2, -0.15) is 22.0 Å². The van der Waals surface area contributed by atoms with E-state index in [4.69, 9.17) is 4.74 Å². The molecular weight excluding hydrogens is 395 g/mol. The van der Waals surface area contributed by atoms with E-state index in [9.17, 15) is 26.7 Å². The fraction of sp³-hybridized carbons (Fsp3) is 0.400. The van der Waals surface area contributed by atoms with E-state index in [1.54, 1.807) is 13.0 Å². The van der Waals surface area contributed by atoms with E-state index in [0.29, 0.717) is 5.56 Å². The summed E-state index contributed by atoms with van der Waals surface area (Å²) in [6, 6.07) is 5.07. The molecule has 0 saturated heterocycles. The fourth-order valence-electron chi connectivity index (χ4n) is 3.59. The third-order valence-electron chi connectivity index (χ3n) is 5.33. The van der Waals surface area contributed by atoms with Crippen molar-refractivity contribution in [2.45, 2.75) is 44.2 Å². The van der Waals surface area contributed by atoms with Crippen LogP contribution in [-0.2, 0) is 10.7 Å². The lowest BCUT2D eigenvalue weighted by molar-refractivity contribution is -0.288. The number of imidazole rings is 1. The smallest absolute Gasteiger partial charge is 0.458 e. The predicted molar refractivity (Wildman–Crippen MR) is 95.2 cm³/mol. The van der Waals surface area contributed by atoms with Crippen LogP contribution in [0, 0.1) is 0 Å². The van der Waals surface area contributed by atoms with Gasteiger partial charge in [-0.1, -0.05) is 6.42 Å². The minimum absolute atomic E-state index is 0.0440. The predicted octanol–water partition coefficient (Wildman–Crippen LogP) is 5.59. The SMILES string of the molecule is CCOC(=O)c1cn2c(ccc3c(C(F)(F)C(F)(F)F)cc(C4CCC4)cc32)n1. The van der Waals surface area contributed by atoms with Crippen LogP contribution in [0.25, 0.3) is 16.6 Å². The van der Waals surface area contributed by atoms with Gasteiger partial charge in [0, 0.05) is 17.1 Å². The average molecular weight is 412 g/mol. The maximum atomic E-state index is 14.4. The molecule has 0 atom stereocenters. The Labute approximate surface area is 162 Å². The molecule has 2 aromatic heterocycles. The van der Waals surface area contributed by atoms with E-state index >= 15 is 0 Å². The zero-order valence-electron chi connectivity index (χ0n) is 15.4. The lowest BCUT2D eigenvalue weighted by Crippen LogP contribution is -2.34. The second-order valence-corrected chi connectivity index (χ2v) is 7.11. The summed E-state index contributed by atoms with van der Waals surface area (Å²) in [6.45, 7) is 1.75. The van der Waals surface area contributed by atoms with Crippen molar-refractivity contribution in [1.82, 2.24) is 9.38 Å². The van der Waals surface area contributed by atoms with Crippen molar-refractivity contribution in [3.63, 3.8) is 0 Å². The van der Waals surface area contributed by atoms with Crippen LogP contribution in [0.4, 0.5) is 22.0 Å². The highest BCUT2D eigenvalue weighted by atomic mass is 19.4. The molecule has 0 radical (unpaired) electrons. The number of halogens is 5. The van der Waals surface area contributed by atoms with Crippen molar-refractivity contribution in [2.75, 3.05) is 6.61 Å². The quantitative estimate of drug-likeness (QED) is 0.415. The number of aromatic nitrogens is 2. The average Bonchev–Trinajstić information content (AvgIpc) is 3.03. The summed E-state index contributed by atoms with van der Waals surface area (Å²) in [5, 5.41) is -0.240. The molecule has 0 unspecified atom stereocenters. The number of benzene rings is 1. The molecule has 0 bridgehead atoms. The Balaban J connectivity index is 2.00. The third-order valence-corrected chi connectivity index (χ3v) is 5.33. The van der Waals surface area contributed by atoms with Gasteiger partial charge in [0.1, 0.15) is 5.65 Å². The molecule has 2 heterocycles. The van der Waals surface area contributed by atoms with Gasteiger partial charge in [0.2, 0.25) is 0 Å².